The Morgan fingerprint density at radius 2 is 2.10 bits per heavy atom. The summed E-state index contributed by atoms with van der Waals surface area (Å²) in [4.78, 5) is 11.8. The molecule has 0 fully saturated rings. The molecule has 0 saturated carbocycles. The number of amides is 1. The van der Waals surface area contributed by atoms with Crippen molar-refractivity contribution in [2.75, 3.05) is 12.8 Å². The Morgan fingerprint density at radius 1 is 1.40 bits per heavy atom. The van der Waals surface area contributed by atoms with Crippen molar-refractivity contribution in [3.63, 3.8) is 0 Å². The number of carbonyl (C=O) groups is 1. The van der Waals surface area contributed by atoms with Gasteiger partial charge in [0.1, 0.15) is 0 Å². The number of unbranched alkanes of at least 4 members (excludes halogenated alkanes) is 1. The van der Waals surface area contributed by atoms with Gasteiger partial charge in [0.2, 0.25) is 10.0 Å². The fourth-order valence-corrected chi connectivity index (χ4v) is 2.94. The molecule has 0 saturated heterocycles. The number of carbonyl (C=O) groups excluding carboxylic acids is 1. The van der Waals surface area contributed by atoms with Crippen LogP contribution in [0.5, 0.6) is 0 Å². The molecular weight excluding hydrogens is 298 g/mol. The molecule has 1 amide bonds. The van der Waals surface area contributed by atoms with E-state index in [4.69, 9.17) is 11.6 Å². The standard InChI is InChI=1S/C14H18ClNO3S/c1-3-4-10-20(18,19)16(2)14(17)9-8-12-6-5-7-13(15)11-12/h5-9,11H,3-4,10H2,1-2H3. The summed E-state index contributed by atoms with van der Waals surface area (Å²) in [6.07, 6.45) is 4.08. The van der Waals surface area contributed by atoms with Crippen LogP contribution in [-0.4, -0.2) is 31.4 Å². The van der Waals surface area contributed by atoms with E-state index in [-0.39, 0.29) is 5.75 Å². The number of sulfonamides is 1. The summed E-state index contributed by atoms with van der Waals surface area (Å²) in [7, 11) is -2.25. The third-order valence-corrected chi connectivity index (χ3v) is 4.80. The Balaban J connectivity index is 2.75. The highest BCUT2D eigenvalue weighted by Crippen LogP contribution is 2.12. The van der Waals surface area contributed by atoms with Gasteiger partial charge in [-0.05, 0) is 30.2 Å². The first-order valence-electron chi connectivity index (χ1n) is 6.31. The zero-order valence-electron chi connectivity index (χ0n) is 11.5. The van der Waals surface area contributed by atoms with E-state index in [9.17, 15) is 13.2 Å². The molecule has 1 aromatic rings. The van der Waals surface area contributed by atoms with Crippen molar-refractivity contribution in [1.82, 2.24) is 4.31 Å². The van der Waals surface area contributed by atoms with Crippen molar-refractivity contribution < 1.29 is 13.2 Å². The summed E-state index contributed by atoms with van der Waals surface area (Å²) in [6, 6.07) is 6.95. The third-order valence-electron chi connectivity index (χ3n) is 2.75. The Bertz CT molecular complexity index is 596. The number of nitrogens with zero attached hydrogens (tertiary/aromatic N) is 1. The van der Waals surface area contributed by atoms with Gasteiger partial charge in [0.05, 0.1) is 5.75 Å². The van der Waals surface area contributed by atoms with Crippen LogP contribution in [-0.2, 0) is 14.8 Å². The molecule has 110 valence electrons. The number of likely N-dealkylation sites (N-methyl/N-ethyl adjacent to an activating group) is 1. The van der Waals surface area contributed by atoms with Crippen LogP contribution in [0.3, 0.4) is 0 Å². The van der Waals surface area contributed by atoms with E-state index < -0.39 is 15.9 Å². The van der Waals surface area contributed by atoms with Crippen LogP contribution in [0.2, 0.25) is 5.02 Å². The van der Waals surface area contributed by atoms with E-state index in [1.54, 1.807) is 30.3 Å². The van der Waals surface area contributed by atoms with Crippen LogP contribution in [0.15, 0.2) is 30.3 Å². The lowest BCUT2D eigenvalue weighted by molar-refractivity contribution is -0.120. The number of rotatable bonds is 6. The zero-order chi connectivity index (χ0) is 15.2. The monoisotopic (exact) mass is 315 g/mol. The maximum Gasteiger partial charge on any atom is 0.259 e. The van der Waals surface area contributed by atoms with Crippen LogP contribution in [0.1, 0.15) is 25.3 Å². The minimum absolute atomic E-state index is 0.0171. The largest absolute Gasteiger partial charge is 0.269 e. The SMILES string of the molecule is CCCCS(=O)(=O)N(C)C(=O)C=Cc1cccc(Cl)c1. The molecule has 0 heterocycles. The van der Waals surface area contributed by atoms with Crippen molar-refractivity contribution >= 4 is 33.6 Å². The summed E-state index contributed by atoms with van der Waals surface area (Å²) in [5, 5.41) is 0.559. The van der Waals surface area contributed by atoms with Crippen molar-refractivity contribution in [2.24, 2.45) is 0 Å². The van der Waals surface area contributed by atoms with Gasteiger partial charge < -0.3 is 0 Å². The molecule has 0 bridgehead atoms. The lowest BCUT2D eigenvalue weighted by atomic mass is 10.2. The van der Waals surface area contributed by atoms with Gasteiger partial charge >= 0.3 is 0 Å². The Kier molecular flexibility index (Phi) is 6.23. The molecule has 6 heteroatoms. The molecule has 1 rings (SSSR count). The van der Waals surface area contributed by atoms with Crippen molar-refractivity contribution in [2.45, 2.75) is 19.8 Å². The second kappa shape index (κ2) is 7.45. The number of halogens is 1. The Hall–Kier alpha value is -1.33. The van der Waals surface area contributed by atoms with E-state index in [2.05, 4.69) is 0 Å². The van der Waals surface area contributed by atoms with E-state index >= 15 is 0 Å². The second-order valence-electron chi connectivity index (χ2n) is 4.36. The highest BCUT2D eigenvalue weighted by molar-refractivity contribution is 7.89. The average molecular weight is 316 g/mol. The van der Waals surface area contributed by atoms with Crippen LogP contribution in [0, 0.1) is 0 Å². The molecule has 0 radical (unpaired) electrons. The van der Waals surface area contributed by atoms with Gasteiger partial charge in [-0.2, -0.15) is 0 Å². The summed E-state index contributed by atoms with van der Waals surface area (Å²) in [6.45, 7) is 1.90. The smallest absolute Gasteiger partial charge is 0.259 e. The van der Waals surface area contributed by atoms with E-state index in [0.717, 1.165) is 16.3 Å². The van der Waals surface area contributed by atoms with E-state index in [0.29, 0.717) is 11.4 Å². The van der Waals surface area contributed by atoms with Gasteiger partial charge in [0.15, 0.2) is 0 Å². The van der Waals surface area contributed by atoms with Crippen LogP contribution in [0.25, 0.3) is 6.08 Å². The second-order valence-corrected chi connectivity index (χ2v) is 6.92. The lowest BCUT2D eigenvalue weighted by Gasteiger charge is -2.15. The summed E-state index contributed by atoms with van der Waals surface area (Å²) < 4.78 is 24.5. The first kappa shape index (κ1) is 16.7. The minimum Gasteiger partial charge on any atom is -0.269 e. The fourth-order valence-electron chi connectivity index (χ4n) is 1.48. The summed E-state index contributed by atoms with van der Waals surface area (Å²) in [5.41, 5.74) is 0.741. The van der Waals surface area contributed by atoms with Gasteiger partial charge in [0, 0.05) is 18.1 Å². The molecule has 1 aromatic carbocycles. The number of hydrogen-bond acceptors (Lipinski definition) is 3. The molecule has 0 aromatic heterocycles. The molecule has 0 aliphatic heterocycles. The third kappa shape index (κ3) is 4.98. The first-order valence-corrected chi connectivity index (χ1v) is 8.29. The van der Waals surface area contributed by atoms with Gasteiger partial charge in [0.25, 0.3) is 5.91 Å². The molecule has 0 N–H and O–H groups in total. The molecule has 20 heavy (non-hydrogen) atoms. The maximum absolute atomic E-state index is 11.8. The minimum atomic E-state index is -3.53. The molecule has 4 nitrogen and oxygen atoms in total. The molecule has 0 spiro atoms. The van der Waals surface area contributed by atoms with Gasteiger partial charge in [-0.3, -0.25) is 4.79 Å². The van der Waals surface area contributed by atoms with Gasteiger partial charge in [-0.1, -0.05) is 37.1 Å². The van der Waals surface area contributed by atoms with E-state index in [1.807, 2.05) is 6.92 Å². The van der Waals surface area contributed by atoms with Crippen molar-refractivity contribution in [3.05, 3.63) is 40.9 Å². The maximum atomic E-state index is 11.8. The lowest BCUT2D eigenvalue weighted by Crippen LogP contribution is -2.33. The summed E-state index contributed by atoms with van der Waals surface area (Å²) >= 11 is 5.83. The topological polar surface area (TPSA) is 54.5 Å². The molecule has 0 aliphatic carbocycles. The van der Waals surface area contributed by atoms with Crippen molar-refractivity contribution in [3.8, 4) is 0 Å². The Morgan fingerprint density at radius 3 is 2.70 bits per heavy atom. The van der Waals surface area contributed by atoms with Gasteiger partial charge in [-0.25, -0.2) is 12.7 Å². The highest BCUT2D eigenvalue weighted by atomic mass is 35.5. The van der Waals surface area contributed by atoms with Crippen LogP contribution in [0.4, 0.5) is 0 Å². The molecule has 0 atom stereocenters. The van der Waals surface area contributed by atoms with Gasteiger partial charge in [-0.15, -0.1) is 0 Å². The normalized spacial score (nSPS) is 11.8. The number of benzene rings is 1. The molecule has 0 aliphatic rings. The van der Waals surface area contributed by atoms with Crippen LogP contribution >= 0.6 is 11.6 Å². The first-order chi connectivity index (χ1) is 9.36. The Labute approximate surface area is 125 Å². The fraction of sp³-hybridized carbons (Fsp3) is 0.357. The predicted molar refractivity (Wildman–Crippen MR) is 82.0 cm³/mol. The zero-order valence-corrected chi connectivity index (χ0v) is 13.1. The number of hydrogen-bond donors (Lipinski definition) is 0. The highest BCUT2D eigenvalue weighted by Gasteiger charge is 2.20. The summed E-state index contributed by atoms with van der Waals surface area (Å²) in [5.74, 6) is -0.586. The predicted octanol–water partition coefficient (Wildman–Crippen LogP) is 2.94. The quantitative estimate of drug-likeness (QED) is 0.758. The van der Waals surface area contributed by atoms with Crippen LogP contribution < -0.4 is 0 Å². The average Bonchev–Trinajstić information content (AvgIpc) is 2.42. The molecular formula is C14H18ClNO3S. The van der Waals surface area contributed by atoms with Crippen molar-refractivity contribution in [1.29, 1.82) is 0 Å². The van der Waals surface area contributed by atoms with E-state index in [1.165, 1.54) is 13.1 Å². The molecule has 0 unspecified atom stereocenters.